The molecule has 0 spiro atoms. The zero-order chi connectivity index (χ0) is 23.4. The Morgan fingerprint density at radius 3 is 1.87 bits per heavy atom. The predicted molar refractivity (Wildman–Crippen MR) is 101 cm³/mol. The molecule has 0 bridgehead atoms. The number of amides is 5. The molecule has 0 aliphatic heterocycles. The average Bonchev–Trinajstić information content (AvgIpc) is 2.64. The number of aliphatic hydroxyl groups excluding tert-OH is 1. The number of nitrogens with one attached hydrogen (secondary N) is 3. The van der Waals surface area contributed by atoms with E-state index in [1.165, 1.54) is 6.92 Å². The molecule has 0 saturated heterocycles. The second-order valence-electron chi connectivity index (χ2n) is 6.52. The summed E-state index contributed by atoms with van der Waals surface area (Å²) in [6.45, 7) is 0.441. The summed E-state index contributed by atoms with van der Waals surface area (Å²) < 4.78 is 0. The number of rotatable bonds is 14. The quantitative estimate of drug-likeness (QED) is 0.131. The summed E-state index contributed by atoms with van der Waals surface area (Å²) in [6, 6.07) is -4.06. The highest BCUT2D eigenvalue weighted by Crippen LogP contribution is 2.03. The number of aliphatic hydroxyl groups is 1. The molecule has 14 nitrogen and oxygen atoms in total. The van der Waals surface area contributed by atoms with Gasteiger partial charge in [-0.1, -0.05) is 0 Å². The maximum absolute atomic E-state index is 12.5. The highest BCUT2D eigenvalue weighted by molar-refractivity contribution is 5.94. The van der Waals surface area contributed by atoms with Crippen molar-refractivity contribution >= 4 is 35.5 Å². The lowest BCUT2D eigenvalue weighted by molar-refractivity contribution is -0.139. The Balaban J connectivity index is 5.23. The summed E-state index contributed by atoms with van der Waals surface area (Å²) >= 11 is 0. The van der Waals surface area contributed by atoms with Gasteiger partial charge in [0, 0.05) is 12.8 Å². The molecule has 0 radical (unpaired) electrons. The van der Waals surface area contributed by atoms with Gasteiger partial charge in [0.15, 0.2) is 0 Å². The molecule has 4 atom stereocenters. The number of carboxylic acids is 1. The van der Waals surface area contributed by atoms with E-state index >= 15 is 0 Å². The molecule has 0 aromatic carbocycles. The third kappa shape index (κ3) is 10.9. The Morgan fingerprint density at radius 2 is 1.40 bits per heavy atom. The Morgan fingerprint density at radius 1 is 0.867 bits per heavy atom. The van der Waals surface area contributed by atoms with E-state index in [0.717, 1.165) is 0 Å². The molecule has 4 unspecified atom stereocenters. The number of primary amides is 2. The molecule has 170 valence electrons. The van der Waals surface area contributed by atoms with E-state index in [1.807, 2.05) is 5.32 Å². The van der Waals surface area contributed by atoms with E-state index in [2.05, 4.69) is 10.6 Å². The zero-order valence-electron chi connectivity index (χ0n) is 16.4. The smallest absolute Gasteiger partial charge is 0.322 e. The molecular weight excluding hydrogens is 404 g/mol. The minimum atomic E-state index is -1.53. The minimum absolute atomic E-state index is 0.0841. The van der Waals surface area contributed by atoms with Gasteiger partial charge in [0.2, 0.25) is 29.5 Å². The SMILES string of the molecule is CC(O)C(NC(=O)C(CCC(N)=O)NC(=O)C(N)CCC(N)=O)C(=O)NCC(=O)O. The van der Waals surface area contributed by atoms with Crippen molar-refractivity contribution in [3.05, 3.63) is 0 Å². The highest BCUT2D eigenvalue weighted by atomic mass is 16.4. The van der Waals surface area contributed by atoms with Crippen LogP contribution >= 0.6 is 0 Å². The summed E-state index contributed by atoms with van der Waals surface area (Å²) in [5.74, 6) is -5.50. The maximum Gasteiger partial charge on any atom is 0.322 e. The molecule has 5 amide bonds. The van der Waals surface area contributed by atoms with E-state index < -0.39 is 66.3 Å². The van der Waals surface area contributed by atoms with E-state index in [4.69, 9.17) is 22.3 Å². The molecule has 0 saturated carbocycles. The van der Waals surface area contributed by atoms with Gasteiger partial charge < -0.3 is 43.4 Å². The highest BCUT2D eigenvalue weighted by Gasteiger charge is 2.30. The second-order valence-corrected chi connectivity index (χ2v) is 6.52. The first-order valence-electron chi connectivity index (χ1n) is 8.95. The van der Waals surface area contributed by atoms with E-state index in [1.54, 1.807) is 0 Å². The average molecular weight is 432 g/mol. The molecule has 11 N–H and O–H groups in total. The fraction of sp³-hybridized carbons (Fsp3) is 0.625. The van der Waals surface area contributed by atoms with Crippen molar-refractivity contribution in [2.45, 2.75) is 56.8 Å². The van der Waals surface area contributed by atoms with Crippen LogP contribution in [0.5, 0.6) is 0 Å². The lowest BCUT2D eigenvalue weighted by atomic mass is 10.1. The number of carboxylic acid groups (broad SMARTS) is 1. The van der Waals surface area contributed by atoms with Crippen LogP contribution in [-0.2, 0) is 28.8 Å². The van der Waals surface area contributed by atoms with Crippen molar-refractivity contribution in [1.82, 2.24) is 16.0 Å². The van der Waals surface area contributed by atoms with Crippen LogP contribution in [0.2, 0.25) is 0 Å². The van der Waals surface area contributed by atoms with Crippen molar-refractivity contribution in [1.29, 1.82) is 0 Å². The summed E-state index contributed by atoms with van der Waals surface area (Å²) in [7, 11) is 0. The van der Waals surface area contributed by atoms with Gasteiger partial charge in [-0.15, -0.1) is 0 Å². The van der Waals surface area contributed by atoms with E-state index in [0.29, 0.717) is 0 Å². The summed E-state index contributed by atoms with van der Waals surface area (Å²) in [6.07, 6.45) is -2.19. The van der Waals surface area contributed by atoms with Gasteiger partial charge in [-0.05, 0) is 19.8 Å². The minimum Gasteiger partial charge on any atom is -0.480 e. The molecule has 0 aromatic heterocycles. The van der Waals surface area contributed by atoms with Crippen molar-refractivity contribution in [3.63, 3.8) is 0 Å². The molecule has 0 aromatic rings. The van der Waals surface area contributed by atoms with Gasteiger partial charge >= 0.3 is 5.97 Å². The molecule has 0 fully saturated rings. The normalized spacial score (nSPS) is 14.5. The van der Waals surface area contributed by atoms with E-state index in [-0.39, 0.29) is 25.7 Å². The first kappa shape index (κ1) is 26.7. The first-order valence-corrected chi connectivity index (χ1v) is 8.95. The molecule has 0 aliphatic carbocycles. The van der Waals surface area contributed by atoms with Crippen LogP contribution in [0.3, 0.4) is 0 Å². The van der Waals surface area contributed by atoms with Gasteiger partial charge in [0.1, 0.15) is 18.6 Å². The van der Waals surface area contributed by atoms with Crippen LogP contribution < -0.4 is 33.2 Å². The topological polar surface area (TPSA) is 257 Å². The number of nitrogens with two attached hydrogens (primary N) is 3. The molecular formula is C16H28N6O8. The molecule has 0 heterocycles. The van der Waals surface area contributed by atoms with Crippen LogP contribution in [0.15, 0.2) is 0 Å². The number of hydrogen-bond donors (Lipinski definition) is 8. The van der Waals surface area contributed by atoms with Gasteiger partial charge in [-0.3, -0.25) is 28.8 Å². The number of aliphatic carboxylic acids is 1. The molecule has 0 rings (SSSR count). The van der Waals surface area contributed by atoms with Crippen LogP contribution in [0.4, 0.5) is 0 Å². The van der Waals surface area contributed by atoms with Crippen molar-refractivity contribution in [2.24, 2.45) is 17.2 Å². The third-order valence-electron chi connectivity index (χ3n) is 3.83. The van der Waals surface area contributed by atoms with Crippen LogP contribution in [-0.4, -0.2) is 76.5 Å². The number of carbonyl (C=O) groups excluding carboxylic acids is 5. The Bertz CT molecular complexity index is 668. The molecule has 30 heavy (non-hydrogen) atoms. The summed E-state index contributed by atoms with van der Waals surface area (Å²) in [4.78, 5) is 69.1. The number of carbonyl (C=O) groups is 6. The van der Waals surface area contributed by atoms with Crippen molar-refractivity contribution in [3.8, 4) is 0 Å². The monoisotopic (exact) mass is 432 g/mol. The largest absolute Gasteiger partial charge is 0.480 e. The zero-order valence-corrected chi connectivity index (χ0v) is 16.4. The third-order valence-corrected chi connectivity index (χ3v) is 3.83. The van der Waals surface area contributed by atoms with Crippen LogP contribution in [0.25, 0.3) is 0 Å². The first-order chi connectivity index (χ1) is 13.8. The molecule has 14 heteroatoms. The fourth-order valence-corrected chi connectivity index (χ4v) is 2.19. The Hall–Kier alpha value is -3.26. The Labute approximate surface area is 171 Å². The fourth-order valence-electron chi connectivity index (χ4n) is 2.19. The van der Waals surface area contributed by atoms with Gasteiger partial charge in [-0.25, -0.2) is 0 Å². The van der Waals surface area contributed by atoms with Crippen LogP contribution in [0, 0.1) is 0 Å². The van der Waals surface area contributed by atoms with Gasteiger partial charge in [0.25, 0.3) is 0 Å². The second kappa shape index (κ2) is 13.1. The van der Waals surface area contributed by atoms with E-state index in [9.17, 15) is 33.9 Å². The summed E-state index contributed by atoms with van der Waals surface area (Å²) in [5.41, 5.74) is 15.7. The van der Waals surface area contributed by atoms with Crippen LogP contribution in [0.1, 0.15) is 32.6 Å². The van der Waals surface area contributed by atoms with Crippen molar-refractivity contribution < 1.29 is 39.0 Å². The van der Waals surface area contributed by atoms with Crippen molar-refractivity contribution in [2.75, 3.05) is 6.54 Å². The lowest BCUT2D eigenvalue weighted by Crippen LogP contribution is -2.58. The number of hydrogen-bond acceptors (Lipinski definition) is 8. The van der Waals surface area contributed by atoms with Gasteiger partial charge in [-0.2, -0.15) is 0 Å². The Kier molecular flexibility index (Phi) is 11.6. The predicted octanol–water partition coefficient (Wildman–Crippen LogP) is -4.60. The maximum atomic E-state index is 12.5. The summed E-state index contributed by atoms with van der Waals surface area (Å²) in [5, 5.41) is 24.8. The lowest BCUT2D eigenvalue weighted by Gasteiger charge is -2.25. The standard InChI is InChI=1S/C16H28N6O8/c1-7(23)13(16(30)20-6-12(26)27)22-15(29)9(3-5-11(19)25)21-14(28)8(17)2-4-10(18)24/h7-9,13,23H,2-6,17H2,1H3,(H2,18,24)(H2,19,25)(H,20,30)(H,21,28)(H,22,29)(H,26,27). The van der Waals surface area contributed by atoms with Gasteiger partial charge in [0.05, 0.1) is 12.1 Å². The molecule has 0 aliphatic rings.